The average molecular weight is 1110 g/mol. The first-order chi connectivity index (χ1) is 38.4. The van der Waals surface area contributed by atoms with E-state index in [0.29, 0.717) is 57.3 Å². The van der Waals surface area contributed by atoms with E-state index in [-0.39, 0.29) is 57.2 Å². The van der Waals surface area contributed by atoms with E-state index >= 15 is 0 Å². The zero-order chi connectivity index (χ0) is 56.1. The Hall–Kier alpha value is -7.33. The van der Waals surface area contributed by atoms with Gasteiger partial charge in [0.05, 0.1) is 48.2 Å². The number of nitrogens with one attached hydrogen (secondary N) is 3. The number of rotatable bonds is 17. The number of hydrogen-bond donors (Lipinski definition) is 4. The molecule has 2 aliphatic carbocycles. The first kappa shape index (κ1) is 54.6. The third-order valence-electron chi connectivity index (χ3n) is 17.3. The molecule has 4 fully saturated rings. The molecule has 19 nitrogen and oxygen atoms in total. The molecule has 7 aromatic rings. The molecule has 0 unspecified atom stereocenters. The van der Waals surface area contributed by atoms with Gasteiger partial charge in [0.25, 0.3) is 21.8 Å². The molecule has 11 rings (SSSR count). The Morgan fingerprint density at radius 3 is 2.48 bits per heavy atom. The minimum Gasteiger partial charge on any atom is -0.493 e. The number of ether oxygens (including phenoxy) is 3. The third kappa shape index (κ3) is 11.0. The number of hydrogen-bond acceptors (Lipinski definition) is 16. The zero-order valence-corrected chi connectivity index (χ0v) is 46.5. The number of piperazine rings is 1. The number of aromatic nitrogens is 3. The molecule has 2 saturated carbocycles. The van der Waals surface area contributed by atoms with E-state index in [1.165, 1.54) is 35.9 Å². The number of pyridine rings is 2. The Labute approximate surface area is 464 Å². The van der Waals surface area contributed by atoms with Crippen LogP contribution in [-0.2, 0) is 16.6 Å². The molecular formula is C59H68FN9O10S. The lowest BCUT2D eigenvalue weighted by atomic mass is 9.59. The maximum atomic E-state index is 15.0. The van der Waals surface area contributed by atoms with Crippen molar-refractivity contribution in [2.45, 2.75) is 107 Å². The van der Waals surface area contributed by atoms with Gasteiger partial charge in [0.2, 0.25) is 5.82 Å². The number of carbonyl (C=O) groups excluding carboxylic acids is 1. The average Bonchev–Trinajstić information content (AvgIpc) is 4.21. The van der Waals surface area contributed by atoms with Gasteiger partial charge in [-0.25, -0.2) is 22.5 Å². The third-order valence-corrected chi connectivity index (χ3v) is 18.5. The van der Waals surface area contributed by atoms with Gasteiger partial charge in [-0.15, -0.1) is 0 Å². The summed E-state index contributed by atoms with van der Waals surface area (Å²) in [6.45, 7) is 11.7. The summed E-state index contributed by atoms with van der Waals surface area (Å²) in [6, 6.07) is 22.8. The first-order valence-corrected chi connectivity index (χ1v) is 28.9. The van der Waals surface area contributed by atoms with E-state index in [2.05, 4.69) is 83.9 Å². The molecular weight excluding hydrogens is 1050 g/mol. The molecule has 80 heavy (non-hydrogen) atoms. The number of methoxy groups -OCH3 is 2. The van der Waals surface area contributed by atoms with Crippen molar-refractivity contribution in [1.29, 1.82) is 0 Å². The number of aliphatic hydroxyl groups is 1. The Morgan fingerprint density at radius 2 is 1.74 bits per heavy atom. The van der Waals surface area contributed by atoms with Crippen LogP contribution in [0.4, 0.5) is 21.6 Å². The fraction of sp³-hybridized carbons (Fsp3) is 0.441. The molecule has 4 aromatic heterocycles. The van der Waals surface area contributed by atoms with E-state index in [1.807, 2.05) is 12.1 Å². The molecule has 21 heteroatoms. The quantitative estimate of drug-likeness (QED) is 0.0491. The second-order valence-electron chi connectivity index (χ2n) is 22.8. The molecule has 2 saturated heterocycles. The minimum absolute atomic E-state index is 0.0186. The standard InChI is InChI=1S/C59H68FN9O10S/c1-36(2)42-8-6-7-9-44(42)49-35-66(34-38-10-13-50(76-4)53-43(38)16-25-78-53)23-24-68(49)40-29-59(30-40)19-21-67(22-20-59)39-11-12-45(51(26-39)79-52-28-46-47(60)33-63-54(46)64-57(52)77-5)56(70)65-80(74,75)41-27-48(69(72)73)55(62-32-41)61-31-37-14-17-58(3,71)18-15-37/h6-13,16,25-28,32-33,36-37,40,49,71H,14-15,17-24,29-31,34-35H2,1-5H3,(H,61,62)(H,63,64)(H,65,70)/t37?,49-,58?/m0/s1. The predicted octanol–water partition coefficient (Wildman–Crippen LogP) is 10.5. The fourth-order valence-corrected chi connectivity index (χ4v) is 13.6. The lowest BCUT2D eigenvalue weighted by Crippen LogP contribution is -2.60. The number of anilines is 2. The number of H-pyrrole nitrogens is 1. The van der Waals surface area contributed by atoms with Gasteiger partial charge in [-0.3, -0.25) is 24.7 Å². The molecule has 422 valence electrons. The van der Waals surface area contributed by atoms with Crippen molar-refractivity contribution in [3.05, 3.63) is 130 Å². The first-order valence-electron chi connectivity index (χ1n) is 27.5. The van der Waals surface area contributed by atoms with Crippen molar-refractivity contribution in [3.8, 4) is 23.1 Å². The van der Waals surface area contributed by atoms with Crippen LogP contribution in [0.15, 0.2) is 101 Å². The van der Waals surface area contributed by atoms with Gasteiger partial charge in [0.15, 0.2) is 17.1 Å². The number of nitrogens with zero attached hydrogens (tertiary/aromatic N) is 6. The van der Waals surface area contributed by atoms with Crippen molar-refractivity contribution in [1.82, 2.24) is 29.5 Å². The highest BCUT2D eigenvalue weighted by atomic mass is 32.2. The maximum absolute atomic E-state index is 15.0. The van der Waals surface area contributed by atoms with Gasteiger partial charge in [0.1, 0.15) is 22.1 Å². The highest BCUT2D eigenvalue weighted by Gasteiger charge is 2.50. The number of fused-ring (bicyclic) bond motifs is 2. The van der Waals surface area contributed by atoms with Crippen LogP contribution in [0.5, 0.6) is 23.1 Å². The predicted molar refractivity (Wildman–Crippen MR) is 301 cm³/mol. The molecule has 1 spiro atoms. The van der Waals surface area contributed by atoms with Gasteiger partial charge in [-0.2, -0.15) is 4.98 Å². The molecule has 2 aliphatic heterocycles. The number of carbonyl (C=O) groups is 1. The van der Waals surface area contributed by atoms with Crippen LogP contribution in [0.2, 0.25) is 0 Å². The van der Waals surface area contributed by atoms with Gasteiger partial charge in [-0.05, 0) is 116 Å². The van der Waals surface area contributed by atoms with Gasteiger partial charge in [0, 0.05) is 93.4 Å². The number of amides is 1. The second kappa shape index (κ2) is 22.0. The zero-order valence-electron chi connectivity index (χ0n) is 45.7. The van der Waals surface area contributed by atoms with Crippen LogP contribution >= 0.6 is 0 Å². The topological polar surface area (TPSA) is 231 Å². The minimum atomic E-state index is -4.75. The van der Waals surface area contributed by atoms with E-state index in [1.54, 1.807) is 32.4 Å². The van der Waals surface area contributed by atoms with Crippen LogP contribution in [0, 0.1) is 27.3 Å². The number of benzene rings is 3. The lowest BCUT2D eigenvalue weighted by Gasteiger charge is -2.58. The number of sulfonamides is 1. The SMILES string of the molecule is COc1nc2[nH]cc(F)c2cc1Oc1cc(N2CCC3(CC2)CC(N2CCN(Cc4ccc(OC)c5occc45)C[C@H]2c2ccccc2C(C)C)C3)ccc1C(=O)NS(=O)(=O)c1cnc(NCC2CCC(C)(O)CC2)c([N+](=O)[O-])c1. The number of aromatic amines is 1. The lowest BCUT2D eigenvalue weighted by molar-refractivity contribution is -0.384. The summed E-state index contributed by atoms with van der Waals surface area (Å²) in [7, 11) is -1.72. The Kier molecular flexibility index (Phi) is 15.0. The van der Waals surface area contributed by atoms with Crippen molar-refractivity contribution < 1.29 is 46.3 Å². The summed E-state index contributed by atoms with van der Waals surface area (Å²) in [5.74, 6) is -0.683. The smallest absolute Gasteiger partial charge is 0.312 e. The summed E-state index contributed by atoms with van der Waals surface area (Å²) in [6.07, 6.45) is 10.4. The van der Waals surface area contributed by atoms with Crippen LogP contribution in [0.3, 0.4) is 0 Å². The summed E-state index contributed by atoms with van der Waals surface area (Å²) in [5.41, 5.74) is 4.29. The number of nitro groups is 1. The number of furan rings is 1. The van der Waals surface area contributed by atoms with E-state index in [0.717, 1.165) is 92.7 Å². The Bertz CT molecular complexity index is 3560. The molecule has 1 amide bonds. The molecule has 1 atom stereocenters. The largest absolute Gasteiger partial charge is 0.493 e. The highest BCUT2D eigenvalue weighted by molar-refractivity contribution is 7.90. The van der Waals surface area contributed by atoms with E-state index in [4.69, 9.17) is 18.6 Å². The summed E-state index contributed by atoms with van der Waals surface area (Å²) in [4.78, 5) is 44.0. The van der Waals surface area contributed by atoms with Crippen molar-refractivity contribution in [2.75, 3.05) is 63.7 Å². The van der Waals surface area contributed by atoms with Crippen LogP contribution < -0.4 is 29.1 Å². The fourth-order valence-electron chi connectivity index (χ4n) is 12.6. The van der Waals surface area contributed by atoms with Gasteiger partial charge in [-0.1, -0.05) is 44.2 Å². The summed E-state index contributed by atoms with van der Waals surface area (Å²) >= 11 is 0. The van der Waals surface area contributed by atoms with Crippen molar-refractivity contribution >= 4 is 55.1 Å². The maximum Gasteiger partial charge on any atom is 0.312 e. The molecule has 4 aliphatic rings. The van der Waals surface area contributed by atoms with E-state index in [9.17, 15) is 32.8 Å². The monoisotopic (exact) mass is 1110 g/mol. The van der Waals surface area contributed by atoms with Crippen molar-refractivity contribution in [3.63, 3.8) is 0 Å². The van der Waals surface area contributed by atoms with Crippen LogP contribution in [-0.4, -0.2) is 114 Å². The summed E-state index contributed by atoms with van der Waals surface area (Å²) in [5, 5.41) is 26.8. The Morgan fingerprint density at radius 1 is 0.963 bits per heavy atom. The van der Waals surface area contributed by atoms with Gasteiger partial charge < -0.3 is 38.9 Å². The molecule has 3 aromatic carbocycles. The second-order valence-corrected chi connectivity index (χ2v) is 24.5. The number of halogens is 1. The highest BCUT2D eigenvalue weighted by Crippen LogP contribution is 2.54. The number of piperidine rings is 1. The summed E-state index contributed by atoms with van der Waals surface area (Å²) < 4.78 is 68.2. The molecule has 6 heterocycles. The van der Waals surface area contributed by atoms with Crippen molar-refractivity contribution in [2.24, 2.45) is 11.3 Å². The van der Waals surface area contributed by atoms with Crippen LogP contribution in [0.25, 0.3) is 22.0 Å². The van der Waals surface area contributed by atoms with Gasteiger partial charge >= 0.3 is 5.69 Å². The molecule has 0 bridgehead atoms. The van der Waals surface area contributed by atoms with E-state index < -0.39 is 42.9 Å². The molecule has 0 radical (unpaired) electrons. The normalized spacial score (nSPS) is 21.0. The van der Waals surface area contributed by atoms with Crippen LogP contribution in [0.1, 0.15) is 111 Å². The molecule has 4 N–H and O–H groups in total. The Balaban J connectivity index is 0.805.